The second-order valence-corrected chi connectivity index (χ2v) is 5.97. The first-order valence-corrected chi connectivity index (χ1v) is 8.07. The van der Waals surface area contributed by atoms with Crippen molar-refractivity contribution < 1.29 is 9.90 Å². The first-order valence-electron chi connectivity index (χ1n) is 8.07. The molecule has 2 aromatic carbocycles. The van der Waals surface area contributed by atoms with Crippen LogP contribution in [0.4, 0.5) is 5.69 Å². The highest BCUT2D eigenvalue weighted by molar-refractivity contribution is 5.96. The molecule has 0 spiro atoms. The predicted molar refractivity (Wildman–Crippen MR) is 92.2 cm³/mol. The van der Waals surface area contributed by atoms with Gasteiger partial charge in [0.1, 0.15) is 0 Å². The summed E-state index contributed by atoms with van der Waals surface area (Å²) in [5.74, 6) is -0.00947. The minimum atomic E-state index is -0.215. The Labute approximate surface area is 136 Å². The zero-order valence-corrected chi connectivity index (χ0v) is 13.1. The number of aliphatic hydroxyl groups is 1. The fourth-order valence-electron chi connectivity index (χ4n) is 2.93. The molecule has 2 N–H and O–H groups in total. The van der Waals surface area contributed by atoms with Gasteiger partial charge < -0.3 is 10.4 Å². The van der Waals surface area contributed by atoms with Crippen LogP contribution in [0.15, 0.2) is 54.6 Å². The minimum Gasteiger partial charge on any atom is -0.393 e. The van der Waals surface area contributed by atoms with Gasteiger partial charge in [0.25, 0.3) is 0 Å². The number of carbonyl (C=O) groups excluding carboxylic acids is 1. The molecule has 1 aliphatic rings. The molecule has 0 aromatic heterocycles. The molecule has 0 aliphatic carbocycles. The molecular formula is C19H22N2O2. The van der Waals surface area contributed by atoms with Gasteiger partial charge in [-0.05, 0) is 24.5 Å². The van der Waals surface area contributed by atoms with E-state index in [2.05, 4.69) is 10.2 Å². The number of piperidine rings is 1. The first-order chi connectivity index (χ1) is 11.2. The largest absolute Gasteiger partial charge is 0.393 e. The third-order valence-electron chi connectivity index (χ3n) is 4.21. The van der Waals surface area contributed by atoms with Crippen LogP contribution in [0.3, 0.4) is 0 Å². The lowest BCUT2D eigenvalue weighted by Crippen LogP contribution is -2.40. The number of anilines is 1. The lowest BCUT2D eigenvalue weighted by molar-refractivity contribution is -0.117. The van der Waals surface area contributed by atoms with Crippen LogP contribution >= 0.6 is 0 Å². The monoisotopic (exact) mass is 310 g/mol. The van der Waals surface area contributed by atoms with Gasteiger partial charge in [0, 0.05) is 24.3 Å². The molecule has 1 saturated heterocycles. The number of carbonyl (C=O) groups is 1. The van der Waals surface area contributed by atoms with Crippen LogP contribution < -0.4 is 5.32 Å². The summed E-state index contributed by atoms with van der Waals surface area (Å²) in [4.78, 5) is 14.4. The molecule has 4 heteroatoms. The number of hydrogen-bond donors (Lipinski definition) is 2. The standard InChI is InChI=1S/C19H22N2O2/c22-16-10-12-21(13-11-16)14-19(23)20-18-9-5-4-8-17(18)15-6-2-1-3-7-15/h1-9,16,22H,10-14H2,(H,20,23). The van der Waals surface area contributed by atoms with Crippen molar-refractivity contribution in [3.63, 3.8) is 0 Å². The number of para-hydroxylation sites is 1. The molecule has 3 rings (SSSR count). The Bertz CT molecular complexity index is 649. The molecule has 2 aromatic rings. The second-order valence-electron chi connectivity index (χ2n) is 5.97. The number of benzene rings is 2. The number of nitrogens with zero attached hydrogens (tertiary/aromatic N) is 1. The molecular weight excluding hydrogens is 288 g/mol. The van der Waals surface area contributed by atoms with E-state index in [0.717, 1.165) is 42.7 Å². The van der Waals surface area contributed by atoms with Crippen molar-refractivity contribution in [2.75, 3.05) is 25.0 Å². The maximum atomic E-state index is 12.3. The zero-order valence-electron chi connectivity index (χ0n) is 13.1. The number of likely N-dealkylation sites (tertiary alicyclic amines) is 1. The van der Waals surface area contributed by atoms with Crippen molar-refractivity contribution in [1.82, 2.24) is 4.90 Å². The summed E-state index contributed by atoms with van der Waals surface area (Å²) in [6.07, 6.45) is 1.27. The van der Waals surface area contributed by atoms with Gasteiger partial charge in [0.15, 0.2) is 0 Å². The Morgan fingerprint density at radius 3 is 2.43 bits per heavy atom. The van der Waals surface area contributed by atoms with E-state index in [-0.39, 0.29) is 12.0 Å². The van der Waals surface area contributed by atoms with Gasteiger partial charge in [-0.3, -0.25) is 9.69 Å². The summed E-state index contributed by atoms with van der Waals surface area (Å²) in [5, 5.41) is 12.6. The maximum Gasteiger partial charge on any atom is 0.238 e. The first kappa shape index (κ1) is 15.7. The third-order valence-corrected chi connectivity index (χ3v) is 4.21. The molecule has 0 unspecified atom stereocenters. The van der Waals surface area contributed by atoms with Crippen molar-refractivity contribution in [2.24, 2.45) is 0 Å². The Balaban J connectivity index is 1.67. The van der Waals surface area contributed by atoms with Crippen LogP contribution in [-0.4, -0.2) is 41.7 Å². The molecule has 1 amide bonds. The van der Waals surface area contributed by atoms with E-state index in [1.807, 2.05) is 54.6 Å². The van der Waals surface area contributed by atoms with Gasteiger partial charge in [0.2, 0.25) is 5.91 Å². The number of amides is 1. The maximum absolute atomic E-state index is 12.3. The van der Waals surface area contributed by atoms with E-state index in [1.54, 1.807) is 0 Å². The molecule has 1 aliphatic heterocycles. The molecule has 0 atom stereocenters. The van der Waals surface area contributed by atoms with Gasteiger partial charge >= 0.3 is 0 Å². The van der Waals surface area contributed by atoms with Gasteiger partial charge in [0.05, 0.1) is 12.6 Å². The summed E-state index contributed by atoms with van der Waals surface area (Å²) in [5.41, 5.74) is 2.95. The van der Waals surface area contributed by atoms with E-state index in [1.165, 1.54) is 0 Å². The number of nitrogens with one attached hydrogen (secondary N) is 1. The van der Waals surface area contributed by atoms with E-state index >= 15 is 0 Å². The van der Waals surface area contributed by atoms with Crippen LogP contribution in [-0.2, 0) is 4.79 Å². The van der Waals surface area contributed by atoms with Gasteiger partial charge in [-0.25, -0.2) is 0 Å². The van der Waals surface area contributed by atoms with Crippen LogP contribution in [0.1, 0.15) is 12.8 Å². The van der Waals surface area contributed by atoms with E-state index in [9.17, 15) is 9.90 Å². The molecule has 1 heterocycles. The third kappa shape index (κ3) is 4.18. The SMILES string of the molecule is O=C(CN1CCC(O)CC1)Nc1ccccc1-c1ccccc1. The van der Waals surface area contributed by atoms with Crippen LogP contribution in [0.5, 0.6) is 0 Å². The van der Waals surface area contributed by atoms with Gasteiger partial charge in [-0.2, -0.15) is 0 Å². The van der Waals surface area contributed by atoms with Crippen LogP contribution in [0, 0.1) is 0 Å². The molecule has 23 heavy (non-hydrogen) atoms. The van der Waals surface area contributed by atoms with E-state index in [0.29, 0.717) is 6.54 Å². The van der Waals surface area contributed by atoms with Gasteiger partial charge in [-0.1, -0.05) is 48.5 Å². The van der Waals surface area contributed by atoms with E-state index in [4.69, 9.17) is 0 Å². The molecule has 0 saturated carbocycles. The number of aliphatic hydroxyl groups excluding tert-OH is 1. The van der Waals surface area contributed by atoms with Crippen molar-refractivity contribution in [2.45, 2.75) is 18.9 Å². The predicted octanol–water partition coefficient (Wildman–Crippen LogP) is 2.75. The highest BCUT2D eigenvalue weighted by Gasteiger charge is 2.19. The molecule has 0 radical (unpaired) electrons. The average molecular weight is 310 g/mol. The van der Waals surface area contributed by atoms with E-state index < -0.39 is 0 Å². The lowest BCUT2D eigenvalue weighted by atomic mass is 10.0. The Hall–Kier alpha value is -2.17. The van der Waals surface area contributed by atoms with Crippen LogP contribution in [0.2, 0.25) is 0 Å². The normalized spacial score (nSPS) is 16.2. The average Bonchev–Trinajstić information content (AvgIpc) is 2.58. The number of hydrogen-bond acceptors (Lipinski definition) is 3. The summed E-state index contributed by atoms with van der Waals surface area (Å²) < 4.78 is 0. The van der Waals surface area contributed by atoms with Crippen molar-refractivity contribution >= 4 is 11.6 Å². The fraction of sp³-hybridized carbons (Fsp3) is 0.316. The highest BCUT2D eigenvalue weighted by Crippen LogP contribution is 2.27. The number of rotatable bonds is 4. The summed E-state index contributed by atoms with van der Waals surface area (Å²) in [6.45, 7) is 1.92. The van der Waals surface area contributed by atoms with Crippen molar-refractivity contribution in [1.29, 1.82) is 0 Å². The summed E-state index contributed by atoms with van der Waals surface area (Å²) >= 11 is 0. The Kier molecular flexibility index (Phi) is 5.05. The van der Waals surface area contributed by atoms with Crippen molar-refractivity contribution in [3.05, 3.63) is 54.6 Å². The van der Waals surface area contributed by atoms with Gasteiger partial charge in [-0.15, -0.1) is 0 Å². The summed E-state index contributed by atoms with van der Waals surface area (Å²) in [7, 11) is 0. The molecule has 4 nitrogen and oxygen atoms in total. The molecule has 120 valence electrons. The minimum absolute atomic E-state index is 0.00947. The summed E-state index contributed by atoms with van der Waals surface area (Å²) in [6, 6.07) is 17.9. The second kappa shape index (κ2) is 7.40. The zero-order chi connectivity index (χ0) is 16.1. The highest BCUT2D eigenvalue weighted by atomic mass is 16.3. The van der Waals surface area contributed by atoms with Crippen LogP contribution in [0.25, 0.3) is 11.1 Å². The smallest absolute Gasteiger partial charge is 0.238 e. The van der Waals surface area contributed by atoms with Crippen molar-refractivity contribution in [3.8, 4) is 11.1 Å². The molecule has 1 fully saturated rings. The quantitative estimate of drug-likeness (QED) is 0.913. The topological polar surface area (TPSA) is 52.6 Å². The lowest BCUT2D eigenvalue weighted by Gasteiger charge is -2.28. The Morgan fingerprint density at radius 2 is 1.70 bits per heavy atom. The Morgan fingerprint density at radius 1 is 1.04 bits per heavy atom. The fourth-order valence-corrected chi connectivity index (χ4v) is 2.93. The molecule has 0 bridgehead atoms.